The molecule has 1 aliphatic rings. The number of hydrogen-bond acceptors (Lipinski definition) is 5. The third-order valence-corrected chi connectivity index (χ3v) is 6.46. The number of amides is 1. The predicted molar refractivity (Wildman–Crippen MR) is 156 cm³/mol. The van der Waals surface area contributed by atoms with Crippen LogP contribution in [0, 0.1) is 11.3 Å². The molecule has 0 aromatic heterocycles. The average molecular weight is 513 g/mol. The fourth-order valence-corrected chi connectivity index (χ4v) is 4.53. The number of carbonyl (C=O) groups excluding carboxylic acids is 1. The third-order valence-electron chi connectivity index (χ3n) is 6.46. The number of nitriles is 1. The Bertz CT molecular complexity index is 1520. The summed E-state index contributed by atoms with van der Waals surface area (Å²) in [7, 11) is 0. The summed E-state index contributed by atoms with van der Waals surface area (Å²) in [5.41, 5.74) is 5.62. The number of nitrogens with one attached hydrogen (secondary N) is 1. The van der Waals surface area contributed by atoms with E-state index in [1.54, 1.807) is 30.3 Å². The summed E-state index contributed by atoms with van der Waals surface area (Å²) >= 11 is 0. The highest BCUT2D eigenvalue weighted by Gasteiger charge is 2.29. The number of rotatable bonds is 8. The molecule has 4 aromatic rings. The number of hydrogen-bond donors (Lipinski definition) is 1. The molecule has 0 fully saturated rings. The summed E-state index contributed by atoms with van der Waals surface area (Å²) in [5, 5.41) is 19.5. The van der Waals surface area contributed by atoms with Crippen LogP contribution in [0.2, 0.25) is 0 Å². The lowest BCUT2D eigenvalue weighted by molar-refractivity contribution is -0.112. The fourth-order valence-electron chi connectivity index (χ4n) is 4.53. The van der Waals surface area contributed by atoms with Crippen molar-refractivity contribution in [2.45, 2.75) is 19.4 Å². The maximum atomic E-state index is 12.7. The molecule has 0 radical (unpaired) electrons. The van der Waals surface area contributed by atoms with Gasteiger partial charge in [-0.25, -0.2) is 0 Å². The molecular formula is C33H28N4O2. The molecule has 5 rings (SSSR count). The minimum absolute atomic E-state index is 0.0179. The van der Waals surface area contributed by atoms with Crippen molar-refractivity contribution >= 4 is 29.1 Å². The number of ether oxygens (including phenoxy) is 1. The maximum Gasteiger partial charge on any atom is 0.266 e. The Balaban J connectivity index is 1.36. The van der Waals surface area contributed by atoms with Crippen molar-refractivity contribution in [2.24, 2.45) is 5.10 Å². The van der Waals surface area contributed by atoms with Gasteiger partial charge in [0.15, 0.2) is 0 Å². The second kappa shape index (κ2) is 11.9. The molecule has 6 nitrogen and oxygen atoms in total. The lowest BCUT2D eigenvalue weighted by Crippen LogP contribution is -2.18. The molecule has 1 atom stereocenters. The molecular weight excluding hydrogens is 484 g/mol. The van der Waals surface area contributed by atoms with Crippen molar-refractivity contribution < 1.29 is 9.53 Å². The van der Waals surface area contributed by atoms with Gasteiger partial charge in [0.25, 0.3) is 5.91 Å². The number of nitrogens with zero attached hydrogens (tertiary/aromatic N) is 3. The Kier molecular flexibility index (Phi) is 7.80. The van der Waals surface area contributed by atoms with Crippen LogP contribution in [0.1, 0.15) is 36.1 Å². The van der Waals surface area contributed by atoms with Crippen molar-refractivity contribution in [1.29, 1.82) is 5.26 Å². The van der Waals surface area contributed by atoms with E-state index in [4.69, 9.17) is 9.84 Å². The average Bonchev–Trinajstić information content (AvgIpc) is 3.44. The smallest absolute Gasteiger partial charge is 0.266 e. The molecule has 0 saturated heterocycles. The number of anilines is 2. The van der Waals surface area contributed by atoms with E-state index in [9.17, 15) is 10.1 Å². The Morgan fingerprint density at radius 1 is 0.974 bits per heavy atom. The lowest BCUT2D eigenvalue weighted by Gasteiger charge is -2.24. The molecule has 1 N–H and O–H groups in total. The highest BCUT2D eigenvalue weighted by atomic mass is 16.5. The van der Waals surface area contributed by atoms with Crippen LogP contribution in [0.3, 0.4) is 0 Å². The van der Waals surface area contributed by atoms with Crippen LogP contribution < -0.4 is 15.1 Å². The van der Waals surface area contributed by atoms with Gasteiger partial charge in [0.1, 0.15) is 17.4 Å². The van der Waals surface area contributed by atoms with Crippen molar-refractivity contribution in [3.63, 3.8) is 0 Å². The van der Waals surface area contributed by atoms with Crippen molar-refractivity contribution in [3.05, 3.63) is 131 Å². The quantitative estimate of drug-likeness (QED) is 0.204. The van der Waals surface area contributed by atoms with E-state index in [0.717, 1.165) is 34.7 Å². The van der Waals surface area contributed by atoms with Gasteiger partial charge in [-0.1, -0.05) is 72.8 Å². The number of hydrazone groups is 1. The van der Waals surface area contributed by atoms with Gasteiger partial charge in [-0.2, -0.15) is 10.4 Å². The molecule has 0 bridgehead atoms. The molecule has 1 aliphatic heterocycles. The van der Waals surface area contributed by atoms with Crippen LogP contribution >= 0.6 is 0 Å². The van der Waals surface area contributed by atoms with E-state index in [1.807, 2.05) is 73.7 Å². The van der Waals surface area contributed by atoms with E-state index < -0.39 is 5.91 Å². The molecule has 39 heavy (non-hydrogen) atoms. The van der Waals surface area contributed by atoms with Crippen molar-refractivity contribution in [1.82, 2.24) is 0 Å². The summed E-state index contributed by atoms with van der Waals surface area (Å²) in [4.78, 5) is 12.7. The van der Waals surface area contributed by atoms with E-state index in [-0.39, 0.29) is 11.6 Å². The summed E-state index contributed by atoms with van der Waals surface area (Å²) in [6.45, 7) is 2.48. The molecule has 1 unspecified atom stereocenters. The third kappa shape index (κ3) is 6.06. The first kappa shape index (κ1) is 25.5. The lowest BCUT2D eigenvalue weighted by atomic mass is 9.98. The zero-order valence-electron chi connectivity index (χ0n) is 21.6. The summed E-state index contributed by atoms with van der Waals surface area (Å²) in [6, 6.07) is 37.5. The Labute approximate surface area is 228 Å². The topological polar surface area (TPSA) is 77.7 Å². The molecule has 1 heterocycles. The summed E-state index contributed by atoms with van der Waals surface area (Å²) in [6.07, 6.45) is 2.38. The van der Waals surface area contributed by atoms with E-state index >= 15 is 0 Å². The summed E-state index contributed by atoms with van der Waals surface area (Å²) in [5.74, 6) is 0.255. The van der Waals surface area contributed by atoms with Crippen LogP contribution in [0.5, 0.6) is 5.75 Å². The SMILES string of the molecule is CCOc1ccc(NC(=O)/C(C#N)=C/c2ccc(N3N=C(c4ccccc4)CC3c3ccccc3)cc2)cc1. The first-order valence-corrected chi connectivity index (χ1v) is 12.9. The van der Waals surface area contributed by atoms with Gasteiger partial charge in [0.2, 0.25) is 0 Å². The normalized spacial score (nSPS) is 14.9. The van der Waals surface area contributed by atoms with Gasteiger partial charge in [-0.15, -0.1) is 0 Å². The van der Waals surface area contributed by atoms with Crippen LogP contribution in [0.25, 0.3) is 6.08 Å². The molecule has 1 amide bonds. The van der Waals surface area contributed by atoms with E-state index in [0.29, 0.717) is 12.3 Å². The van der Waals surface area contributed by atoms with Crippen LogP contribution in [-0.4, -0.2) is 18.2 Å². The largest absolute Gasteiger partial charge is 0.494 e. The molecule has 6 heteroatoms. The first-order valence-electron chi connectivity index (χ1n) is 12.9. The van der Waals surface area contributed by atoms with Crippen molar-refractivity contribution in [3.8, 4) is 11.8 Å². The highest BCUT2D eigenvalue weighted by Crippen LogP contribution is 2.36. The second-order valence-electron chi connectivity index (χ2n) is 9.06. The van der Waals surface area contributed by atoms with Gasteiger partial charge >= 0.3 is 0 Å². The Morgan fingerprint density at radius 2 is 1.64 bits per heavy atom. The molecule has 0 saturated carbocycles. The molecule has 0 spiro atoms. The van der Waals surface area contributed by atoms with Crippen LogP contribution in [-0.2, 0) is 4.79 Å². The minimum Gasteiger partial charge on any atom is -0.494 e. The predicted octanol–water partition coefficient (Wildman–Crippen LogP) is 6.99. The minimum atomic E-state index is -0.466. The van der Waals surface area contributed by atoms with Gasteiger partial charge in [0, 0.05) is 12.1 Å². The van der Waals surface area contributed by atoms with Gasteiger partial charge in [-0.05, 0) is 66.1 Å². The van der Waals surface area contributed by atoms with Crippen LogP contribution in [0.4, 0.5) is 11.4 Å². The zero-order chi connectivity index (χ0) is 27.0. The van der Waals surface area contributed by atoms with Gasteiger partial charge in [0.05, 0.1) is 24.0 Å². The molecule has 192 valence electrons. The maximum absolute atomic E-state index is 12.7. The molecule has 0 aliphatic carbocycles. The Morgan fingerprint density at radius 3 is 2.28 bits per heavy atom. The summed E-state index contributed by atoms with van der Waals surface area (Å²) < 4.78 is 5.43. The standard InChI is InChI=1S/C33H28N4O2/c1-2-39-30-19-15-28(16-20-30)35-33(38)27(23-34)21-24-13-17-29(18-14-24)37-32(26-11-7-4-8-12-26)22-31(36-37)25-9-5-3-6-10-25/h3-21,32H,2,22H2,1H3,(H,35,38)/b27-21+. The first-order chi connectivity index (χ1) is 19.1. The van der Waals surface area contributed by atoms with Crippen LogP contribution in [0.15, 0.2) is 120 Å². The van der Waals surface area contributed by atoms with E-state index in [2.05, 4.69) is 34.6 Å². The number of benzene rings is 4. The second-order valence-corrected chi connectivity index (χ2v) is 9.06. The zero-order valence-corrected chi connectivity index (χ0v) is 21.6. The van der Waals surface area contributed by atoms with E-state index in [1.165, 1.54) is 5.56 Å². The highest BCUT2D eigenvalue weighted by molar-refractivity contribution is 6.09. The fraction of sp³-hybridized carbons (Fsp3) is 0.121. The van der Waals surface area contributed by atoms with Gasteiger partial charge < -0.3 is 10.1 Å². The van der Waals surface area contributed by atoms with Gasteiger partial charge in [-0.3, -0.25) is 9.80 Å². The number of carbonyl (C=O) groups is 1. The van der Waals surface area contributed by atoms with Crippen molar-refractivity contribution in [2.75, 3.05) is 16.9 Å². The molecule has 4 aromatic carbocycles. The Hall–Kier alpha value is -5.15. The monoisotopic (exact) mass is 512 g/mol.